The average molecular weight is 410 g/mol. The molecular formula is C18H20BrNO3S. The minimum absolute atomic E-state index is 0.174. The molecular weight excluding hydrogens is 390 g/mol. The molecule has 0 aliphatic carbocycles. The van der Waals surface area contributed by atoms with Crippen LogP contribution in [0.4, 0.5) is 0 Å². The van der Waals surface area contributed by atoms with Gasteiger partial charge in [0.2, 0.25) is 0 Å². The van der Waals surface area contributed by atoms with Gasteiger partial charge in [-0.2, -0.15) is 0 Å². The van der Waals surface area contributed by atoms with Crippen molar-refractivity contribution in [3.05, 3.63) is 64.1 Å². The molecule has 0 fully saturated rings. The number of rotatable bonds is 5. The summed E-state index contributed by atoms with van der Waals surface area (Å²) in [4.78, 5) is 12.6. The van der Waals surface area contributed by atoms with Crippen LogP contribution in [0.25, 0.3) is 0 Å². The number of hydrogen-bond acceptors (Lipinski definition) is 3. The maximum Gasteiger partial charge on any atom is 0.251 e. The van der Waals surface area contributed by atoms with Crippen LogP contribution in [0.2, 0.25) is 0 Å². The molecule has 0 heterocycles. The van der Waals surface area contributed by atoms with Crippen molar-refractivity contribution in [1.29, 1.82) is 0 Å². The number of hydrogen-bond donors (Lipinski definition) is 1. The van der Waals surface area contributed by atoms with Gasteiger partial charge >= 0.3 is 0 Å². The molecule has 2 rings (SSSR count). The Balaban J connectivity index is 2.15. The Kier molecular flexibility index (Phi) is 5.83. The van der Waals surface area contributed by atoms with E-state index < -0.39 is 15.1 Å². The first kappa shape index (κ1) is 18.7. The highest BCUT2D eigenvalue weighted by atomic mass is 79.9. The molecule has 0 saturated heterocycles. The predicted molar refractivity (Wildman–Crippen MR) is 98.8 cm³/mol. The molecule has 0 saturated carbocycles. The fourth-order valence-electron chi connectivity index (χ4n) is 2.25. The molecule has 0 bridgehead atoms. The van der Waals surface area contributed by atoms with E-state index >= 15 is 0 Å². The SMILES string of the molecule is CC(C)S(=O)(=O)c1ccc(C(=O)N[C@H](C)c2ccccc2Br)cc1. The Morgan fingerprint density at radius 1 is 1.00 bits per heavy atom. The highest BCUT2D eigenvalue weighted by molar-refractivity contribution is 9.10. The van der Waals surface area contributed by atoms with Gasteiger partial charge in [-0.15, -0.1) is 0 Å². The summed E-state index contributed by atoms with van der Waals surface area (Å²) in [5.74, 6) is -0.244. The number of carbonyl (C=O) groups is 1. The summed E-state index contributed by atoms with van der Waals surface area (Å²) in [6.07, 6.45) is 0. The number of nitrogens with one attached hydrogen (secondary N) is 1. The lowest BCUT2D eigenvalue weighted by atomic mass is 10.1. The largest absolute Gasteiger partial charge is 0.345 e. The van der Waals surface area contributed by atoms with Crippen LogP contribution in [0.5, 0.6) is 0 Å². The summed E-state index contributed by atoms with van der Waals surface area (Å²) >= 11 is 3.47. The first-order valence-corrected chi connectivity index (χ1v) is 9.96. The van der Waals surface area contributed by atoms with Crippen molar-refractivity contribution in [1.82, 2.24) is 5.32 Å². The average Bonchev–Trinajstić information content (AvgIpc) is 2.55. The lowest BCUT2D eigenvalue weighted by Crippen LogP contribution is -2.27. The molecule has 2 aromatic carbocycles. The van der Waals surface area contributed by atoms with Crippen LogP contribution < -0.4 is 5.32 Å². The number of benzene rings is 2. The van der Waals surface area contributed by atoms with E-state index in [0.717, 1.165) is 10.0 Å². The quantitative estimate of drug-likeness (QED) is 0.807. The third kappa shape index (κ3) is 4.05. The zero-order valence-electron chi connectivity index (χ0n) is 13.8. The summed E-state index contributed by atoms with van der Waals surface area (Å²) in [5, 5.41) is 2.42. The van der Waals surface area contributed by atoms with Crippen molar-refractivity contribution >= 4 is 31.7 Å². The Labute approximate surface area is 151 Å². The summed E-state index contributed by atoms with van der Waals surface area (Å²) in [6.45, 7) is 5.17. The topological polar surface area (TPSA) is 63.2 Å². The fraction of sp³-hybridized carbons (Fsp3) is 0.278. The van der Waals surface area contributed by atoms with Gasteiger partial charge in [0.05, 0.1) is 16.2 Å². The normalized spacial score (nSPS) is 12.9. The smallest absolute Gasteiger partial charge is 0.251 e. The van der Waals surface area contributed by atoms with Crippen LogP contribution in [-0.2, 0) is 9.84 Å². The summed E-state index contributed by atoms with van der Waals surface area (Å²) in [6, 6.07) is 13.5. The molecule has 2 aromatic rings. The van der Waals surface area contributed by atoms with Crippen molar-refractivity contribution in [2.75, 3.05) is 0 Å². The molecule has 0 aliphatic rings. The zero-order chi connectivity index (χ0) is 17.9. The van der Waals surface area contributed by atoms with Gasteiger partial charge in [0.15, 0.2) is 9.84 Å². The molecule has 0 aliphatic heterocycles. The highest BCUT2D eigenvalue weighted by Gasteiger charge is 2.20. The molecule has 0 unspecified atom stereocenters. The lowest BCUT2D eigenvalue weighted by Gasteiger charge is -2.16. The van der Waals surface area contributed by atoms with Gasteiger partial charge < -0.3 is 5.32 Å². The second-order valence-corrected chi connectivity index (χ2v) is 9.19. The monoisotopic (exact) mass is 409 g/mol. The van der Waals surface area contributed by atoms with E-state index in [1.807, 2.05) is 31.2 Å². The molecule has 6 heteroatoms. The summed E-state index contributed by atoms with van der Waals surface area (Å²) < 4.78 is 25.1. The van der Waals surface area contributed by atoms with E-state index in [1.165, 1.54) is 24.3 Å². The second kappa shape index (κ2) is 7.49. The molecule has 1 atom stereocenters. The first-order valence-electron chi connectivity index (χ1n) is 7.62. The summed E-state index contributed by atoms with van der Waals surface area (Å²) in [5.41, 5.74) is 1.40. The summed E-state index contributed by atoms with van der Waals surface area (Å²) in [7, 11) is -3.33. The van der Waals surface area contributed by atoms with Gasteiger partial charge in [0, 0.05) is 10.0 Å². The molecule has 1 N–H and O–H groups in total. The van der Waals surface area contributed by atoms with Gasteiger partial charge in [0.1, 0.15) is 0 Å². The van der Waals surface area contributed by atoms with E-state index in [9.17, 15) is 13.2 Å². The van der Waals surface area contributed by atoms with Gasteiger partial charge in [-0.05, 0) is 56.7 Å². The van der Waals surface area contributed by atoms with E-state index in [0.29, 0.717) is 5.56 Å². The Morgan fingerprint density at radius 3 is 2.12 bits per heavy atom. The Bertz CT molecular complexity index is 830. The van der Waals surface area contributed by atoms with Gasteiger partial charge in [-0.25, -0.2) is 8.42 Å². The number of sulfone groups is 1. The van der Waals surface area contributed by atoms with E-state index in [-0.39, 0.29) is 16.8 Å². The third-order valence-electron chi connectivity index (χ3n) is 3.78. The van der Waals surface area contributed by atoms with Gasteiger partial charge in [0.25, 0.3) is 5.91 Å². The number of carbonyl (C=O) groups excluding carboxylic acids is 1. The van der Waals surface area contributed by atoms with Crippen molar-refractivity contribution < 1.29 is 13.2 Å². The number of halogens is 1. The van der Waals surface area contributed by atoms with Crippen molar-refractivity contribution in [3.63, 3.8) is 0 Å². The first-order chi connectivity index (χ1) is 11.2. The molecule has 24 heavy (non-hydrogen) atoms. The molecule has 0 aromatic heterocycles. The zero-order valence-corrected chi connectivity index (χ0v) is 16.2. The Hall–Kier alpha value is -1.66. The maximum atomic E-state index is 12.4. The molecule has 0 spiro atoms. The highest BCUT2D eigenvalue weighted by Crippen LogP contribution is 2.23. The second-order valence-electron chi connectivity index (χ2n) is 5.83. The van der Waals surface area contributed by atoms with E-state index in [1.54, 1.807) is 13.8 Å². The molecule has 0 radical (unpaired) electrons. The lowest BCUT2D eigenvalue weighted by molar-refractivity contribution is 0.0939. The standard InChI is InChI=1S/C18H20BrNO3S/c1-12(2)24(22,23)15-10-8-14(9-11-15)18(21)20-13(3)16-6-4-5-7-17(16)19/h4-13H,1-3H3,(H,20,21)/t13-/m1/s1. The van der Waals surface area contributed by atoms with Crippen LogP contribution in [-0.4, -0.2) is 19.6 Å². The van der Waals surface area contributed by atoms with Crippen molar-refractivity contribution in [2.45, 2.75) is 37.0 Å². The number of amides is 1. The van der Waals surface area contributed by atoms with Crippen molar-refractivity contribution in [2.24, 2.45) is 0 Å². The van der Waals surface area contributed by atoms with Crippen LogP contribution >= 0.6 is 15.9 Å². The van der Waals surface area contributed by atoms with Crippen LogP contribution in [0.3, 0.4) is 0 Å². The molecule has 128 valence electrons. The fourth-order valence-corrected chi connectivity index (χ4v) is 3.94. The van der Waals surface area contributed by atoms with E-state index in [4.69, 9.17) is 0 Å². The minimum Gasteiger partial charge on any atom is -0.345 e. The maximum absolute atomic E-state index is 12.4. The van der Waals surface area contributed by atoms with E-state index in [2.05, 4.69) is 21.2 Å². The van der Waals surface area contributed by atoms with Gasteiger partial charge in [-0.1, -0.05) is 34.1 Å². The van der Waals surface area contributed by atoms with Crippen LogP contribution in [0.1, 0.15) is 42.7 Å². The van der Waals surface area contributed by atoms with Crippen molar-refractivity contribution in [3.8, 4) is 0 Å². The van der Waals surface area contributed by atoms with Gasteiger partial charge in [-0.3, -0.25) is 4.79 Å². The molecule has 1 amide bonds. The third-order valence-corrected chi connectivity index (χ3v) is 6.68. The van der Waals surface area contributed by atoms with Crippen LogP contribution in [0, 0.1) is 0 Å². The van der Waals surface area contributed by atoms with Crippen LogP contribution in [0.15, 0.2) is 57.9 Å². The molecule has 4 nitrogen and oxygen atoms in total. The predicted octanol–water partition coefficient (Wildman–Crippen LogP) is 4.12. The Morgan fingerprint density at radius 2 is 1.58 bits per heavy atom. The minimum atomic E-state index is -3.33.